The molecule has 2 aliphatic carbocycles. The van der Waals surface area contributed by atoms with Gasteiger partial charge in [-0.25, -0.2) is 0 Å². The van der Waals surface area contributed by atoms with Gasteiger partial charge in [-0.3, -0.25) is 9.59 Å². The topological polar surface area (TPSA) is 54.4 Å². The molecule has 2 bridgehead atoms. The summed E-state index contributed by atoms with van der Waals surface area (Å²) < 4.78 is 0. The molecule has 0 saturated heterocycles. The van der Waals surface area contributed by atoms with Gasteiger partial charge in [-0.2, -0.15) is 0 Å². The zero-order valence-electron chi connectivity index (χ0n) is 7.96. The molecule has 3 heteroatoms. The Kier molecular flexibility index (Phi) is 1.51. The third-order valence-corrected chi connectivity index (χ3v) is 3.75. The van der Waals surface area contributed by atoms with Crippen molar-refractivity contribution < 1.29 is 14.7 Å². The lowest BCUT2D eigenvalue weighted by molar-refractivity contribution is -0.144. The van der Waals surface area contributed by atoms with Crippen molar-refractivity contribution in [2.75, 3.05) is 0 Å². The molecule has 0 aromatic carbocycles. The molecule has 0 unspecified atom stereocenters. The van der Waals surface area contributed by atoms with E-state index >= 15 is 0 Å². The fourth-order valence-electron chi connectivity index (χ4n) is 2.47. The number of rotatable bonds is 0. The van der Waals surface area contributed by atoms with Gasteiger partial charge in [-0.15, -0.1) is 0 Å². The van der Waals surface area contributed by atoms with Crippen LogP contribution in [0.4, 0.5) is 0 Å². The van der Waals surface area contributed by atoms with Crippen LogP contribution in [0.15, 0.2) is 0 Å². The summed E-state index contributed by atoms with van der Waals surface area (Å²) in [5.41, 5.74) is -1.73. The molecule has 72 valence electrons. The van der Waals surface area contributed by atoms with Crippen molar-refractivity contribution in [2.24, 2.45) is 11.3 Å². The summed E-state index contributed by atoms with van der Waals surface area (Å²) >= 11 is 0. The van der Waals surface area contributed by atoms with Gasteiger partial charge in [-0.05, 0) is 26.7 Å². The van der Waals surface area contributed by atoms with Crippen LogP contribution in [0.25, 0.3) is 0 Å². The zero-order chi connectivity index (χ0) is 9.85. The van der Waals surface area contributed by atoms with Crippen LogP contribution in [0.3, 0.4) is 0 Å². The maximum absolute atomic E-state index is 11.8. The molecule has 13 heavy (non-hydrogen) atoms. The second-order valence-electron chi connectivity index (χ2n) is 4.73. The average molecular weight is 182 g/mol. The van der Waals surface area contributed by atoms with Crippen molar-refractivity contribution in [3.8, 4) is 0 Å². The fraction of sp³-hybridized carbons (Fsp3) is 0.800. The van der Waals surface area contributed by atoms with Crippen molar-refractivity contribution in [1.29, 1.82) is 0 Å². The first kappa shape index (κ1) is 8.88. The molecule has 3 atom stereocenters. The number of carbonyl (C=O) groups excluding carboxylic acids is 2. The molecule has 1 N–H and O–H groups in total. The third-order valence-electron chi connectivity index (χ3n) is 3.75. The Bertz CT molecular complexity index is 293. The number of hydrogen-bond donors (Lipinski definition) is 1. The lowest BCUT2D eigenvalue weighted by Gasteiger charge is -2.36. The van der Waals surface area contributed by atoms with Crippen LogP contribution >= 0.6 is 0 Å². The van der Waals surface area contributed by atoms with Gasteiger partial charge in [0.1, 0.15) is 5.78 Å². The zero-order valence-corrected chi connectivity index (χ0v) is 7.96. The van der Waals surface area contributed by atoms with Crippen LogP contribution in [0.1, 0.15) is 33.1 Å². The van der Waals surface area contributed by atoms with Crippen LogP contribution in [0, 0.1) is 11.3 Å². The molecular weight excluding hydrogens is 168 g/mol. The molecule has 0 aromatic heterocycles. The number of hydrogen-bond acceptors (Lipinski definition) is 3. The number of ketones is 2. The summed E-state index contributed by atoms with van der Waals surface area (Å²) in [7, 11) is 0. The largest absolute Gasteiger partial charge is 0.389 e. The molecule has 2 saturated carbocycles. The van der Waals surface area contributed by atoms with E-state index in [1.54, 1.807) is 13.8 Å². The molecular formula is C10H14O3. The summed E-state index contributed by atoms with van der Waals surface area (Å²) in [6.07, 6.45) is 1.31. The van der Waals surface area contributed by atoms with Crippen molar-refractivity contribution >= 4 is 11.6 Å². The van der Waals surface area contributed by atoms with E-state index in [-0.39, 0.29) is 18.0 Å². The van der Waals surface area contributed by atoms with Crippen LogP contribution < -0.4 is 0 Å². The molecule has 2 rings (SSSR count). The molecule has 0 amide bonds. The number of Topliss-reactive ketones (excluding diaryl/α,β-unsaturated/α-hetero) is 2. The van der Waals surface area contributed by atoms with Crippen LogP contribution in [-0.2, 0) is 9.59 Å². The highest BCUT2D eigenvalue weighted by Crippen LogP contribution is 2.49. The molecule has 0 heterocycles. The van der Waals surface area contributed by atoms with E-state index in [4.69, 9.17) is 0 Å². The predicted octanol–water partition coefficient (Wildman–Crippen LogP) is 0.696. The van der Waals surface area contributed by atoms with Crippen molar-refractivity contribution in [2.45, 2.75) is 38.7 Å². The number of aliphatic hydroxyl groups is 1. The number of carbonyl (C=O) groups is 2. The molecule has 0 aromatic rings. The van der Waals surface area contributed by atoms with Gasteiger partial charge in [0.25, 0.3) is 0 Å². The summed E-state index contributed by atoms with van der Waals surface area (Å²) in [4.78, 5) is 23.3. The standard InChI is InChI=1S/C10H14O3/c1-9-3-4-10(2,13)6(8(9)12)5-7(9)11/h6,13H,3-5H2,1-2H3/t6-,9+,10-/m1/s1. The summed E-state index contributed by atoms with van der Waals surface area (Å²) in [5, 5.41) is 9.89. The van der Waals surface area contributed by atoms with E-state index in [0.717, 1.165) is 0 Å². The quantitative estimate of drug-likeness (QED) is 0.561. The molecule has 0 spiro atoms. The van der Waals surface area contributed by atoms with E-state index in [1.165, 1.54) is 0 Å². The molecule has 2 fully saturated rings. The molecule has 0 aliphatic heterocycles. The SMILES string of the molecule is C[C@]12CC[C@@](C)(O)[C@H](CC1=O)C2=O. The summed E-state index contributed by atoms with van der Waals surface area (Å²) in [6.45, 7) is 3.38. The van der Waals surface area contributed by atoms with Crippen molar-refractivity contribution in [1.82, 2.24) is 0 Å². The van der Waals surface area contributed by atoms with Gasteiger partial charge in [0.2, 0.25) is 0 Å². The first-order valence-electron chi connectivity index (χ1n) is 4.68. The van der Waals surface area contributed by atoms with E-state index in [0.29, 0.717) is 12.8 Å². The van der Waals surface area contributed by atoms with Gasteiger partial charge >= 0.3 is 0 Å². The Morgan fingerprint density at radius 2 is 1.92 bits per heavy atom. The van der Waals surface area contributed by atoms with Gasteiger partial charge < -0.3 is 5.11 Å². The Balaban J connectivity index is 2.44. The smallest absolute Gasteiger partial charge is 0.152 e. The second kappa shape index (κ2) is 2.21. The lowest BCUT2D eigenvalue weighted by atomic mass is 9.69. The third kappa shape index (κ3) is 0.937. The van der Waals surface area contributed by atoms with Crippen LogP contribution in [0.2, 0.25) is 0 Å². The highest BCUT2D eigenvalue weighted by atomic mass is 16.3. The maximum atomic E-state index is 11.8. The average Bonchev–Trinajstić information content (AvgIpc) is 2.21. The Labute approximate surface area is 77.1 Å². The van der Waals surface area contributed by atoms with Crippen LogP contribution in [-0.4, -0.2) is 22.3 Å². The maximum Gasteiger partial charge on any atom is 0.152 e. The van der Waals surface area contributed by atoms with Gasteiger partial charge in [0.05, 0.1) is 16.9 Å². The summed E-state index contributed by atoms with van der Waals surface area (Å²) in [6, 6.07) is 0. The lowest BCUT2D eigenvalue weighted by Crippen LogP contribution is -2.46. The van der Waals surface area contributed by atoms with Crippen molar-refractivity contribution in [3.05, 3.63) is 0 Å². The Morgan fingerprint density at radius 1 is 1.31 bits per heavy atom. The van der Waals surface area contributed by atoms with E-state index in [1.807, 2.05) is 0 Å². The molecule has 2 aliphatic rings. The minimum Gasteiger partial charge on any atom is -0.389 e. The Hall–Kier alpha value is -0.700. The van der Waals surface area contributed by atoms with E-state index in [9.17, 15) is 14.7 Å². The monoisotopic (exact) mass is 182 g/mol. The minimum absolute atomic E-state index is 0.0141. The first-order valence-corrected chi connectivity index (χ1v) is 4.68. The van der Waals surface area contributed by atoms with Crippen molar-refractivity contribution in [3.63, 3.8) is 0 Å². The van der Waals surface area contributed by atoms with E-state index in [2.05, 4.69) is 0 Å². The highest BCUT2D eigenvalue weighted by molar-refractivity contribution is 6.14. The summed E-state index contributed by atoms with van der Waals surface area (Å²) in [5.74, 6) is -0.479. The second-order valence-corrected chi connectivity index (χ2v) is 4.73. The van der Waals surface area contributed by atoms with Gasteiger partial charge in [0, 0.05) is 6.42 Å². The number of fused-ring (bicyclic) bond motifs is 2. The molecule has 3 nitrogen and oxygen atoms in total. The fourth-order valence-corrected chi connectivity index (χ4v) is 2.47. The normalized spacial score (nSPS) is 49.9. The van der Waals surface area contributed by atoms with E-state index < -0.39 is 16.9 Å². The molecule has 0 radical (unpaired) electrons. The van der Waals surface area contributed by atoms with Gasteiger partial charge in [0.15, 0.2) is 5.78 Å². The minimum atomic E-state index is -0.956. The predicted molar refractivity (Wildman–Crippen MR) is 46.1 cm³/mol. The Morgan fingerprint density at radius 3 is 2.46 bits per heavy atom. The highest BCUT2D eigenvalue weighted by Gasteiger charge is 2.60. The first-order chi connectivity index (χ1) is 5.88. The van der Waals surface area contributed by atoms with Gasteiger partial charge in [-0.1, -0.05) is 0 Å². The van der Waals surface area contributed by atoms with Crippen LogP contribution in [0.5, 0.6) is 0 Å².